The predicted molar refractivity (Wildman–Crippen MR) is 93.2 cm³/mol. The van der Waals surface area contributed by atoms with Crippen molar-refractivity contribution in [3.05, 3.63) is 45.9 Å². The highest BCUT2D eigenvalue weighted by Crippen LogP contribution is 2.16. The van der Waals surface area contributed by atoms with Gasteiger partial charge in [-0.05, 0) is 38.0 Å². The Morgan fingerprint density at radius 3 is 2.58 bits per heavy atom. The van der Waals surface area contributed by atoms with Gasteiger partial charge in [0.2, 0.25) is 5.91 Å². The molecule has 0 aliphatic carbocycles. The fourth-order valence-corrected chi connectivity index (χ4v) is 2.98. The van der Waals surface area contributed by atoms with Crippen LogP contribution in [0.15, 0.2) is 29.8 Å². The van der Waals surface area contributed by atoms with E-state index in [9.17, 15) is 9.59 Å². The van der Waals surface area contributed by atoms with Crippen LogP contribution in [0.3, 0.4) is 0 Å². The average molecular weight is 347 g/mol. The molecule has 0 saturated carbocycles. The highest BCUT2D eigenvalue weighted by Gasteiger charge is 2.19. The SMILES string of the molecule is CCOc1ccc(CC(CNC(=O)c2scnc2C)C(N)=O)cc1. The molecule has 0 radical (unpaired) electrons. The summed E-state index contributed by atoms with van der Waals surface area (Å²) < 4.78 is 5.39. The first-order valence-electron chi connectivity index (χ1n) is 7.70. The Morgan fingerprint density at radius 1 is 1.33 bits per heavy atom. The summed E-state index contributed by atoms with van der Waals surface area (Å²) in [6.45, 7) is 4.49. The quantitative estimate of drug-likeness (QED) is 0.763. The number of amides is 2. The second-order valence-corrected chi connectivity index (χ2v) is 6.21. The van der Waals surface area contributed by atoms with E-state index in [1.807, 2.05) is 31.2 Å². The standard InChI is InChI=1S/C17H21N3O3S/c1-3-23-14-6-4-12(5-7-14)8-13(16(18)21)9-19-17(22)15-11(2)20-10-24-15/h4-7,10,13H,3,8-9H2,1-2H3,(H2,18,21)(H,19,22). The van der Waals surface area contributed by atoms with E-state index in [2.05, 4.69) is 10.3 Å². The van der Waals surface area contributed by atoms with Gasteiger partial charge in [-0.1, -0.05) is 12.1 Å². The molecule has 1 aromatic heterocycles. The van der Waals surface area contributed by atoms with Crippen molar-refractivity contribution >= 4 is 23.2 Å². The van der Waals surface area contributed by atoms with Crippen LogP contribution in [0, 0.1) is 12.8 Å². The Balaban J connectivity index is 1.95. The fraction of sp³-hybridized carbons (Fsp3) is 0.353. The number of primary amides is 1. The number of nitrogens with one attached hydrogen (secondary N) is 1. The second-order valence-electron chi connectivity index (χ2n) is 5.36. The normalized spacial score (nSPS) is 11.8. The molecule has 0 fully saturated rings. The summed E-state index contributed by atoms with van der Waals surface area (Å²) in [7, 11) is 0. The molecule has 1 atom stereocenters. The molecule has 128 valence electrons. The second kappa shape index (κ2) is 8.44. The van der Waals surface area contributed by atoms with Crippen molar-refractivity contribution in [3.63, 3.8) is 0 Å². The lowest BCUT2D eigenvalue weighted by molar-refractivity contribution is -0.121. The molecule has 0 aliphatic heterocycles. The van der Waals surface area contributed by atoms with Gasteiger partial charge in [0, 0.05) is 6.54 Å². The van der Waals surface area contributed by atoms with Crippen LogP contribution in [0.1, 0.15) is 27.9 Å². The Kier molecular flexibility index (Phi) is 6.31. The van der Waals surface area contributed by atoms with Crippen molar-refractivity contribution in [3.8, 4) is 5.75 Å². The van der Waals surface area contributed by atoms with Gasteiger partial charge in [-0.2, -0.15) is 0 Å². The van der Waals surface area contributed by atoms with Gasteiger partial charge in [0.15, 0.2) is 0 Å². The zero-order valence-electron chi connectivity index (χ0n) is 13.7. The molecule has 1 aromatic carbocycles. The van der Waals surface area contributed by atoms with Crippen LogP contribution >= 0.6 is 11.3 Å². The molecular formula is C17H21N3O3S. The van der Waals surface area contributed by atoms with Crippen LogP contribution in [0.25, 0.3) is 0 Å². The third-order valence-electron chi connectivity index (χ3n) is 3.58. The predicted octanol–water partition coefficient (Wildman–Crippen LogP) is 1.92. The highest BCUT2D eigenvalue weighted by atomic mass is 32.1. The average Bonchev–Trinajstić information content (AvgIpc) is 2.99. The Bertz CT molecular complexity index is 697. The van der Waals surface area contributed by atoms with Gasteiger partial charge in [-0.25, -0.2) is 4.98 Å². The smallest absolute Gasteiger partial charge is 0.263 e. The number of benzene rings is 1. The molecule has 2 aromatic rings. The van der Waals surface area contributed by atoms with Gasteiger partial charge in [0.1, 0.15) is 10.6 Å². The van der Waals surface area contributed by atoms with Crippen LogP contribution < -0.4 is 15.8 Å². The maximum Gasteiger partial charge on any atom is 0.263 e. The van der Waals surface area contributed by atoms with Crippen molar-refractivity contribution in [2.75, 3.05) is 13.2 Å². The molecule has 24 heavy (non-hydrogen) atoms. The largest absolute Gasteiger partial charge is 0.494 e. The Labute approximate surface area is 145 Å². The van der Waals surface area contributed by atoms with Crippen molar-refractivity contribution in [2.24, 2.45) is 11.7 Å². The third-order valence-corrected chi connectivity index (χ3v) is 4.51. The number of carbonyl (C=O) groups is 2. The minimum absolute atomic E-state index is 0.193. The van der Waals surface area contributed by atoms with E-state index in [4.69, 9.17) is 10.5 Å². The summed E-state index contributed by atoms with van der Waals surface area (Å²) >= 11 is 1.27. The first-order chi connectivity index (χ1) is 11.5. The van der Waals surface area contributed by atoms with Gasteiger partial charge < -0.3 is 15.8 Å². The van der Waals surface area contributed by atoms with Crippen LogP contribution in [0.4, 0.5) is 0 Å². The van der Waals surface area contributed by atoms with Crippen LogP contribution in [-0.4, -0.2) is 29.9 Å². The number of carbonyl (C=O) groups excluding carboxylic acids is 2. The zero-order chi connectivity index (χ0) is 17.5. The molecule has 1 unspecified atom stereocenters. The first kappa shape index (κ1) is 17.9. The van der Waals surface area contributed by atoms with Crippen molar-refractivity contribution in [1.29, 1.82) is 0 Å². The van der Waals surface area contributed by atoms with Crippen molar-refractivity contribution in [2.45, 2.75) is 20.3 Å². The molecule has 1 heterocycles. The molecule has 0 aliphatic rings. The number of hydrogen-bond acceptors (Lipinski definition) is 5. The molecule has 0 saturated heterocycles. The Morgan fingerprint density at radius 2 is 2.04 bits per heavy atom. The minimum atomic E-state index is -0.472. The molecule has 0 spiro atoms. The number of nitrogens with zero attached hydrogens (tertiary/aromatic N) is 1. The monoisotopic (exact) mass is 347 g/mol. The van der Waals surface area contributed by atoms with Gasteiger partial charge in [-0.3, -0.25) is 9.59 Å². The van der Waals surface area contributed by atoms with Gasteiger partial charge in [0.25, 0.3) is 5.91 Å². The van der Waals surface area contributed by atoms with Crippen LogP contribution in [0.2, 0.25) is 0 Å². The van der Waals surface area contributed by atoms with Crippen LogP contribution in [0.5, 0.6) is 5.75 Å². The summed E-state index contributed by atoms with van der Waals surface area (Å²) in [5.74, 6) is -0.357. The molecule has 2 amide bonds. The maximum absolute atomic E-state index is 12.1. The number of ether oxygens (including phenoxy) is 1. The lowest BCUT2D eigenvalue weighted by Crippen LogP contribution is -2.37. The molecular weight excluding hydrogens is 326 g/mol. The highest BCUT2D eigenvalue weighted by molar-refractivity contribution is 7.11. The third kappa shape index (κ3) is 4.79. The topological polar surface area (TPSA) is 94.3 Å². The summed E-state index contributed by atoms with van der Waals surface area (Å²) in [6, 6.07) is 7.51. The summed E-state index contributed by atoms with van der Waals surface area (Å²) in [5.41, 5.74) is 8.74. The fourth-order valence-electron chi connectivity index (χ4n) is 2.26. The van der Waals surface area contributed by atoms with E-state index in [0.29, 0.717) is 23.6 Å². The molecule has 0 bridgehead atoms. The van der Waals surface area contributed by atoms with E-state index < -0.39 is 11.8 Å². The number of aromatic nitrogens is 1. The van der Waals surface area contributed by atoms with E-state index in [-0.39, 0.29) is 12.5 Å². The molecule has 3 N–H and O–H groups in total. The van der Waals surface area contributed by atoms with E-state index in [1.165, 1.54) is 11.3 Å². The molecule has 2 rings (SSSR count). The number of thiazole rings is 1. The first-order valence-corrected chi connectivity index (χ1v) is 8.58. The minimum Gasteiger partial charge on any atom is -0.494 e. The Hall–Kier alpha value is -2.41. The number of hydrogen-bond donors (Lipinski definition) is 2. The lowest BCUT2D eigenvalue weighted by atomic mass is 9.98. The summed E-state index contributed by atoms with van der Waals surface area (Å²) in [4.78, 5) is 28.4. The van der Waals surface area contributed by atoms with E-state index in [1.54, 1.807) is 12.4 Å². The summed E-state index contributed by atoms with van der Waals surface area (Å²) in [6.07, 6.45) is 0.462. The summed E-state index contributed by atoms with van der Waals surface area (Å²) in [5, 5.41) is 2.77. The number of rotatable bonds is 8. The van der Waals surface area contributed by atoms with Crippen molar-refractivity contribution < 1.29 is 14.3 Å². The van der Waals surface area contributed by atoms with Gasteiger partial charge >= 0.3 is 0 Å². The van der Waals surface area contributed by atoms with E-state index in [0.717, 1.165) is 11.3 Å². The molecule has 7 heteroatoms. The lowest BCUT2D eigenvalue weighted by Gasteiger charge is -2.14. The maximum atomic E-state index is 12.1. The van der Waals surface area contributed by atoms with Gasteiger partial charge in [-0.15, -0.1) is 11.3 Å². The van der Waals surface area contributed by atoms with Crippen LogP contribution in [-0.2, 0) is 11.2 Å². The zero-order valence-corrected chi connectivity index (χ0v) is 14.6. The van der Waals surface area contributed by atoms with Crippen molar-refractivity contribution in [1.82, 2.24) is 10.3 Å². The van der Waals surface area contributed by atoms with E-state index >= 15 is 0 Å². The number of nitrogens with two attached hydrogens (primary N) is 1. The molecule has 6 nitrogen and oxygen atoms in total. The van der Waals surface area contributed by atoms with Gasteiger partial charge in [0.05, 0.1) is 23.7 Å². The number of aryl methyl sites for hydroxylation is 1.